The van der Waals surface area contributed by atoms with Gasteiger partial charge < -0.3 is 14.7 Å². The molecule has 1 aliphatic carbocycles. The van der Waals surface area contributed by atoms with Gasteiger partial charge in [0, 0.05) is 38.5 Å². The minimum atomic E-state index is -0.870. The molecule has 228 valence electrons. The molecule has 0 spiro atoms. The number of ether oxygens (including phenoxy) is 1. The fourth-order valence-electron chi connectivity index (χ4n) is 5.48. The van der Waals surface area contributed by atoms with E-state index in [-0.39, 0.29) is 25.0 Å². The molecule has 14 heteroatoms. The van der Waals surface area contributed by atoms with Gasteiger partial charge in [-0.1, -0.05) is 11.3 Å². The number of methoxy groups -OCH3 is 1. The van der Waals surface area contributed by atoms with E-state index in [0.717, 1.165) is 4.57 Å². The second-order valence-electron chi connectivity index (χ2n) is 10.7. The van der Waals surface area contributed by atoms with Crippen molar-refractivity contribution in [2.24, 2.45) is 0 Å². The van der Waals surface area contributed by atoms with Gasteiger partial charge in [0.25, 0.3) is 5.56 Å². The van der Waals surface area contributed by atoms with Gasteiger partial charge in [-0.05, 0) is 56.4 Å². The first-order valence-corrected chi connectivity index (χ1v) is 14.8. The minimum absolute atomic E-state index is 0.151. The summed E-state index contributed by atoms with van der Waals surface area (Å²) in [6.45, 7) is 2.38. The van der Waals surface area contributed by atoms with Gasteiger partial charge in [-0.25, -0.2) is 13.8 Å². The van der Waals surface area contributed by atoms with Crippen LogP contribution in [0.2, 0.25) is 0 Å². The van der Waals surface area contributed by atoms with Crippen LogP contribution in [0.25, 0.3) is 15.2 Å². The van der Waals surface area contributed by atoms with Crippen LogP contribution in [-0.4, -0.2) is 72.6 Å². The zero-order valence-electron chi connectivity index (χ0n) is 24.2. The Kier molecular flexibility index (Phi) is 8.87. The van der Waals surface area contributed by atoms with E-state index in [9.17, 15) is 23.6 Å². The molecule has 2 aliphatic rings. The summed E-state index contributed by atoms with van der Waals surface area (Å²) in [7, 11) is 3.15. The summed E-state index contributed by atoms with van der Waals surface area (Å²) in [6.07, 6.45) is 6.02. The molecule has 1 aromatic carbocycles. The average molecular weight is 613 g/mol. The van der Waals surface area contributed by atoms with E-state index >= 15 is 0 Å². The molecule has 4 aromatic rings. The predicted octanol–water partition coefficient (Wildman–Crippen LogP) is 2.40. The van der Waals surface area contributed by atoms with Crippen LogP contribution >= 0.6 is 11.3 Å². The number of halogens is 1. The molecule has 6 rings (SSSR count). The lowest BCUT2D eigenvalue weighted by molar-refractivity contribution is -0.129. The topological polar surface area (TPSA) is 142 Å². The molecule has 1 aliphatic heterocycles. The monoisotopic (exact) mass is 612 g/mol. The van der Waals surface area contributed by atoms with Crippen LogP contribution in [0.4, 0.5) is 4.39 Å². The van der Waals surface area contributed by atoms with Crippen molar-refractivity contribution >= 4 is 33.2 Å². The molecule has 0 unspecified atom stereocenters. The number of likely N-dealkylation sites (N-methyl/N-ethyl adjacent to an activating group) is 1. The molecule has 1 saturated carbocycles. The van der Waals surface area contributed by atoms with E-state index in [2.05, 4.69) is 10.2 Å². The van der Waals surface area contributed by atoms with Crippen molar-refractivity contribution in [2.45, 2.75) is 64.1 Å². The molecule has 2 fully saturated rings. The van der Waals surface area contributed by atoms with Gasteiger partial charge in [0.05, 0.1) is 31.0 Å². The Hall–Kier alpha value is -4.17. The number of nitrogens with zero attached hydrogens (tertiary/aromatic N) is 6. The van der Waals surface area contributed by atoms with Crippen LogP contribution in [0.5, 0.6) is 5.75 Å². The number of ketones is 1. The number of benzene rings is 1. The molecule has 4 heterocycles. The molecule has 3 aromatic heterocycles. The van der Waals surface area contributed by atoms with Gasteiger partial charge >= 0.3 is 5.69 Å². The first-order valence-electron chi connectivity index (χ1n) is 14.0. The molecular formula is C29H33FN6O6S. The first-order chi connectivity index (χ1) is 20.6. The maximum atomic E-state index is 13.9. The summed E-state index contributed by atoms with van der Waals surface area (Å²) < 4.78 is 21.8. The van der Waals surface area contributed by atoms with Gasteiger partial charge in [-0.3, -0.25) is 19.0 Å². The van der Waals surface area contributed by atoms with Crippen molar-refractivity contribution in [2.75, 3.05) is 20.7 Å². The zero-order chi connectivity index (χ0) is 30.8. The molecule has 0 bridgehead atoms. The largest absolute Gasteiger partial charge is 0.496 e. The summed E-state index contributed by atoms with van der Waals surface area (Å²) in [6, 6.07) is 3.34. The standard InChI is InChI=1S/C23H23FN6O4S.C6H10O2/c1-13-18-20(32)29(16-7-10-27(2)19(16)31)23(33)28(22(18)35-21(13)30-25-8-9-26-30)11-6-14-12-15(24)4-5-17(14)34-3;7-5-1-2-6(8)4-3-5/h4-5,8-9,12,16H,6-7,10-11H2,1-3H3;5,7H,1-4H2/t16-;/m0./s1. The van der Waals surface area contributed by atoms with E-state index in [4.69, 9.17) is 9.84 Å². The number of thiophene rings is 1. The Balaban J connectivity index is 0.000000400. The number of aliphatic hydroxyl groups is 1. The van der Waals surface area contributed by atoms with Gasteiger partial charge in [-0.15, -0.1) is 4.80 Å². The first kappa shape index (κ1) is 30.3. The third kappa shape index (κ3) is 6.02. The van der Waals surface area contributed by atoms with E-state index in [1.807, 2.05) is 0 Å². The lowest BCUT2D eigenvalue weighted by Gasteiger charge is -2.17. The Morgan fingerprint density at radius 3 is 2.40 bits per heavy atom. The van der Waals surface area contributed by atoms with Crippen LogP contribution in [0.15, 0.2) is 40.2 Å². The van der Waals surface area contributed by atoms with Crippen molar-refractivity contribution in [3.8, 4) is 10.8 Å². The highest BCUT2D eigenvalue weighted by atomic mass is 32.1. The number of aryl methyl sites for hydroxylation is 3. The molecule has 43 heavy (non-hydrogen) atoms. The van der Waals surface area contributed by atoms with Crippen molar-refractivity contribution in [1.82, 2.24) is 29.0 Å². The number of hydrogen-bond donors (Lipinski definition) is 1. The maximum Gasteiger partial charge on any atom is 0.332 e. The van der Waals surface area contributed by atoms with Crippen molar-refractivity contribution in [3.05, 3.63) is 68.4 Å². The number of Topliss-reactive ketones (excluding diaryl/α,β-unsaturated/α-hetero) is 1. The van der Waals surface area contributed by atoms with E-state index in [1.54, 1.807) is 14.0 Å². The third-order valence-electron chi connectivity index (χ3n) is 7.89. The molecule has 0 radical (unpaired) electrons. The summed E-state index contributed by atoms with van der Waals surface area (Å²) in [5.41, 5.74) is 0.123. The van der Waals surface area contributed by atoms with Gasteiger partial charge in [0.2, 0.25) is 5.91 Å². The van der Waals surface area contributed by atoms with Crippen LogP contribution < -0.4 is 16.0 Å². The fraction of sp³-hybridized carbons (Fsp3) is 0.448. The van der Waals surface area contributed by atoms with Crippen molar-refractivity contribution in [1.29, 1.82) is 0 Å². The average Bonchev–Trinajstić information content (AvgIpc) is 3.71. The Morgan fingerprint density at radius 1 is 1.09 bits per heavy atom. The van der Waals surface area contributed by atoms with Gasteiger partial charge in [0.1, 0.15) is 33.2 Å². The Bertz CT molecular complexity index is 1770. The third-order valence-corrected chi connectivity index (χ3v) is 9.17. The van der Waals surface area contributed by atoms with Crippen LogP contribution in [0, 0.1) is 12.7 Å². The second-order valence-corrected chi connectivity index (χ2v) is 11.7. The van der Waals surface area contributed by atoms with E-state index < -0.39 is 23.1 Å². The van der Waals surface area contributed by atoms with Crippen LogP contribution in [0.3, 0.4) is 0 Å². The molecular weight excluding hydrogens is 579 g/mol. The summed E-state index contributed by atoms with van der Waals surface area (Å²) in [5, 5.41) is 18.2. The normalized spacial score (nSPS) is 17.4. The fourth-order valence-corrected chi connectivity index (χ4v) is 6.72. The number of rotatable bonds is 6. The molecule has 1 saturated heterocycles. The minimum Gasteiger partial charge on any atom is -0.496 e. The number of likely N-dealkylation sites (tertiary alicyclic amines) is 1. The lowest BCUT2D eigenvalue weighted by atomic mass is 9.97. The molecule has 1 N–H and O–H groups in total. The smallest absolute Gasteiger partial charge is 0.332 e. The number of fused-ring (bicyclic) bond motifs is 1. The Morgan fingerprint density at radius 2 is 1.79 bits per heavy atom. The number of amides is 1. The molecule has 1 amide bonds. The summed E-state index contributed by atoms with van der Waals surface area (Å²) >= 11 is 1.22. The van der Waals surface area contributed by atoms with Crippen LogP contribution in [-0.2, 0) is 22.6 Å². The van der Waals surface area contributed by atoms with E-state index in [0.29, 0.717) is 76.5 Å². The second kappa shape index (κ2) is 12.6. The highest BCUT2D eigenvalue weighted by molar-refractivity contribution is 7.21. The highest BCUT2D eigenvalue weighted by Crippen LogP contribution is 2.31. The molecule has 12 nitrogen and oxygen atoms in total. The summed E-state index contributed by atoms with van der Waals surface area (Å²) in [5.74, 6) is 0.112. The molecule has 1 atom stereocenters. The predicted molar refractivity (Wildman–Crippen MR) is 157 cm³/mol. The lowest BCUT2D eigenvalue weighted by Crippen LogP contribution is -2.44. The number of carbonyl (C=O) groups excluding carboxylic acids is 2. The SMILES string of the molecule is COc1ccc(F)cc1CCn1c(=O)n([C@H]2CCN(C)C2=O)c(=O)c2c(C)c(-n3nccn3)sc21.O=C1CCC(O)CC1. The maximum absolute atomic E-state index is 13.9. The number of carbonyl (C=O) groups is 2. The van der Waals surface area contributed by atoms with Crippen molar-refractivity contribution < 1.29 is 23.8 Å². The quantitative estimate of drug-likeness (QED) is 0.350. The summed E-state index contributed by atoms with van der Waals surface area (Å²) in [4.78, 5) is 54.0. The highest BCUT2D eigenvalue weighted by Gasteiger charge is 2.35. The van der Waals surface area contributed by atoms with Crippen LogP contribution in [0.1, 0.15) is 49.3 Å². The van der Waals surface area contributed by atoms with Gasteiger partial charge in [-0.2, -0.15) is 10.2 Å². The van der Waals surface area contributed by atoms with Gasteiger partial charge in [0.15, 0.2) is 0 Å². The number of aliphatic hydroxyl groups excluding tert-OH is 1. The van der Waals surface area contributed by atoms with Crippen molar-refractivity contribution in [3.63, 3.8) is 0 Å². The van der Waals surface area contributed by atoms with E-state index in [1.165, 1.54) is 63.3 Å². The number of aromatic nitrogens is 5. The zero-order valence-corrected chi connectivity index (χ0v) is 25.0. The Labute approximate surface area is 249 Å². The number of hydrogen-bond acceptors (Lipinski definition) is 9.